The van der Waals surface area contributed by atoms with Gasteiger partial charge in [-0.25, -0.2) is 4.68 Å². The van der Waals surface area contributed by atoms with Gasteiger partial charge in [-0.3, -0.25) is 4.90 Å². The maximum Gasteiger partial charge on any atom is 0.216 e. The maximum absolute atomic E-state index is 8.98. The summed E-state index contributed by atoms with van der Waals surface area (Å²) in [4.78, 5) is 2.41. The van der Waals surface area contributed by atoms with Gasteiger partial charge < -0.3 is 9.47 Å². The normalized spacial score (nSPS) is 15.8. The molecule has 0 aliphatic carbocycles. The summed E-state index contributed by atoms with van der Waals surface area (Å²) < 4.78 is 13.3. The van der Waals surface area contributed by atoms with E-state index in [4.69, 9.17) is 14.7 Å². The van der Waals surface area contributed by atoms with Gasteiger partial charge in [0, 0.05) is 26.7 Å². The van der Waals surface area contributed by atoms with E-state index in [1.165, 1.54) is 0 Å². The molecule has 0 atom stereocenters. The molecule has 2 heterocycles. The Labute approximate surface area is 148 Å². The van der Waals surface area contributed by atoms with Crippen molar-refractivity contribution < 1.29 is 9.47 Å². The summed E-state index contributed by atoms with van der Waals surface area (Å²) in [6, 6.07) is 9.52. The topological polar surface area (TPSA) is 63.3 Å². The minimum atomic E-state index is 0.196. The van der Waals surface area contributed by atoms with Crippen LogP contribution in [0.2, 0.25) is 0 Å². The van der Waals surface area contributed by atoms with E-state index in [2.05, 4.69) is 16.1 Å². The number of aryl methyl sites for hydroxylation is 2. The Hall–Kier alpha value is -2.52. The third-order valence-electron chi connectivity index (χ3n) is 4.66. The van der Waals surface area contributed by atoms with Crippen LogP contribution in [0.3, 0.4) is 0 Å². The Bertz CT molecular complexity index is 770. The van der Waals surface area contributed by atoms with Crippen LogP contribution in [0.5, 0.6) is 11.6 Å². The van der Waals surface area contributed by atoms with Crippen molar-refractivity contribution in [2.24, 2.45) is 7.05 Å². The number of hydrogen-bond donors (Lipinski definition) is 0. The number of piperidine rings is 1. The molecule has 2 aromatic rings. The molecule has 1 saturated heterocycles. The van der Waals surface area contributed by atoms with Crippen LogP contribution in [-0.4, -0.2) is 41.0 Å². The lowest BCUT2D eigenvalue weighted by molar-refractivity contribution is 0.0962. The second-order valence-corrected chi connectivity index (χ2v) is 6.43. The van der Waals surface area contributed by atoms with Gasteiger partial charge in [0.05, 0.1) is 30.0 Å². The zero-order valence-corrected chi connectivity index (χ0v) is 15.0. The molecule has 1 aromatic heterocycles. The third kappa shape index (κ3) is 3.94. The molecule has 6 nitrogen and oxygen atoms in total. The fourth-order valence-electron chi connectivity index (χ4n) is 3.36. The van der Waals surface area contributed by atoms with Gasteiger partial charge in [-0.1, -0.05) is 6.07 Å². The van der Waals surface area contributed by atoms with Crippen molar-refractivity contribution in [1.29, 1.82) is 5.26 Å². The van der Waals surface area contributed by atoms with E-state index in [9.17, 15) is 0 Å². The van der Waals surface area contributed by atoms with Crippen molar-refractivity contribution in [3.05, 3.63) is 41.1 Å². The number of nitriles is 1. The van der Waals surface area contributed by atoms with E-state index in [0.29, 0.717) is 5.56 Å². The molecule has 0 unspecified atom stereocenters. The summed E-state index contributed by atoms with van der Waals surface area (Å²) >= 11 is 0. The SMILES string of the molecule is COc1c(CN2CCC(Oc3cccc(C#N)c3)CC2)c(C)nn1C. The second-order valence-electron chi connectivity index (χ2n) is 6.43. The lowest BCUT2D eigenvalue weighted by Crippen LogP contribution is -2.37. The number of hydrogen-bond acceptors (Lipinski definition) is 5. The average molecular weight is 340 g/mol. The Morgan fingerprint density at radius 2 is 2.08 bits per heavy atom. The van der Waals surface area contributed by atoms with Crippen LogP contribution in [0.4, 0.5) is 0 Å². The zero-order chi connectivity index (χ0) is 17.8. The summed E-state index contributed by atoms with van der Waals surface area (Å²) in [6.07, 6.45) is 2.14. The van der Waals surface area contributed by atoms with Crippen molar-refractivity contribution in [3.63, 3.8) is 0 Å². The van der Waals surface area contributed by atoms with Crippen LogP contribution in [0, 0.1) is 18.3 Å². The molecule has 3 rings (SSSR count). The van der Waals surface area contributed by atoms with Gasteiger partial charge in [-0.15, -0.1) is 0 Å². The summed E-state index contributed by atoms with van der Waals surface area (Å²) in [7, 11) is 3.60. The van der Waals surface area contributed by atoms with Crippen molar-refractivity contribution >= 4 is 0 Å². The highest BCUT2D eigenvalue weighted by Crippen LogP contribution is 2.25. The van der Waals surface area contributed by atoms with Gasteiger partial charge in [-0.2, -0.15) is 10.4 Å². The highest BCUT2D eigenvalue weighted by atomic mass is 16.5. The van der Waals surface area contributed by atoms with Crippen LogP contribution < -0.4 is 9.47 Å². The standard InChI is InChI=1S/C19H24N4O2/c1-14-18(19(24-3)22(2)21-14)13-23-9-7-16(8-10-23)25-17-6-4-5-15(11-17)12-20/h4-6,11,16H,7-10,13H2,1-3H3. The number of aromatic nitrogens is 2. The van der Waals surface area contributed by atoms with Gasteiger partial charge in [0.25, 0.3) is 0 Å². The van der Waals surface area contributed by atoms with Gasteiger partial charge in [0.1, 0.15) is 11.9 Å². The van der Waals surface area contributed by atoms with Crippen LogP contribution in [0.1, 0.15) is 29.7 Å². The number of methoxy groups -OCH3 is 1. The fraction of sp³-hybridized carbons (Fsp3) is 0.474. The van der Waals surface area contributed by atoms with E-state index in [0.717, 1.165) is 55.4 Å². The van der Waals surface area contributed by atoms with Gasteiger partial charge in [-0.05, 0) is 38.0 Å². The van der Waals surface area contributed by atoms with E-state index in [-0.39, 0.29) is 6.10 Å². The molecule has 0 amide bonds. The Kier molecular flexibility index (Phi) is 5.25. The van der Waals surface area contributed by atoms with E-state index < -0.39 is 0 Å². The van der Waals surface area contributed by atoms with E-state index in [1.807, 2.05) is 26.1 Å². The molecular formula is C19H24N4O2. The van der Waals surface area contributed by atoms with Gasteiger partial charge in [0.2, 0.25) is 5.88 Å². The lowest BCUT2D eigenvalue weighted by atomic mass is 10.1. The number of benzene rings is 1. The largest absolute Gasteiger partial charge is 0.490 e. The molecule has 1 aliphatic rings. The highest BCUT2D eigenvalue weighted by molar-refractivity contribution is 5.36. The number of rotatable bonds is 5. The molecule has 132 valence electrons. The average Bonchev–Trinajstić information content (AvgIpc) is 2.89. The summed E-state index contributed by atoms with van der Waals surface area (Å²) in [5.41, 5.74) is 2.81. The predicted molar refractivity (Wildman–Crippen MR) is 94.6 cm³/mol. The van der Waals surface area contributed by atoms with Crippen molar-refractivity contribution in [2.75, 3.05) is 20.2 Å². The van der Waals surface area contributed by atoms with Crippen LogP contribution in [0.15, 0.2) is 24.3 Å². The molecular weight excluding hydrogens is 316 g/mol. The first kappa shape index (κ1) is 17.3. The van der Waals surface area contributed by atoms with Crippen molar-refractivity contribution in [1.82, 2.24) is 14.7 Å². The summed E-state index contributed by atoms with van der Waals surface area (Å²) in [5.74, 6) is 1.62. The lowest BCUT2D eigenvalue weighted by Gasteiger charge is -2.32. The first-order valence-electron chi connectivity index (χ1n) is 8.56. The molecule has 0 bridgehead atoms. The summed E-state index contributed by atoms with van der Waals surface area (Å²) in [5, 5.41) is 13.4. The van der Waals surface area contributed by atoms with Crippen molar-refractivity contribution in [2.45, 2.75) is 32.4 Å². The van der Waals surface area contributed by atoms with E-state index in [1.54, 1.807) is 23.9 Å². The molecule has 25 heavy (non-hydrogen) atoms. The Morgan fingerprint density at radius 3 is 2.76 bits per heavy atom. The van der Waals surface area contributed by atoms with Crippen LogP contribution in [-0.2, 0) is 13.6 Å². The Balaban J connectivity index is 1.56. The van der Waals surface area contributed by atoms with Gasteiger partial charge in [0.15, 0.2) is 0 Å². The molecule has 1 aliphatic heterocycles. The molecule has 0 saturated carbocycles. The van der Waals surface area contributed by atoms with Crippen LogP contribution in [0.25, 0.3) is 0 Å². The number of likely N-dealkylation sites (tertiary alicyclic amines) is 1. The fourth-order valence-corrected chi connectivity index (χ4v) is 3.36. The first-order chi connectivity index (χ1) is 12.1. The second kappa shape index (κ2) is 7.58. The predicted octanol–water partition coefficient (Wildman–Crippen LogP) is 2.65. The molecule has 0 spiro atoms. The Morgan fingerprint density at radius 1 is 1.32 bits per heavy atom. The van der Waals surface area contributed by atoms with Gasteiger partial charge >= 0.3 is 0 Å². The smallest absolute Gasteiger partial charge is 0.216 e. The third-order valence-corrected chi connectivity index (χ3v) is 4.66. The minimum absolute atomic E-state index is 0.196. The highest BCUT2D eigenvalue weighted by Gasteiger charge is 2.23. The minimum Gasteiger partial charge on any atom is -0.490 e. The van der Waals surface area contributed by atoms with Crippen molar-refractivity contribution in [3.8, 4) is 17.7 Å². The molecule has 6 heteroatoms. The molecule has 0 radical (unpaired) electrons. The first-order valence-corrected chi connectivity index (χ1v) is 8.56. The zero-order valence-electron chi connectivity index (χ0n) is 15.0. The molecule has 1 fully saturated rings. The number of nitrogens with zero attached hydrogens (tertiary/aromatic N) is 4. The van der Waals surface area contributed by atoms with E-state index >= 15 is 0 Å². The number of ether oxygens (including phenoxy) is 2. The maximum atomic E-state index is 8.98. The monoisotopic (exact) mass is 340 g/mol. The molecule has 0 N–H and O–H groups in total. The van der Waals surface area contributed by atoms with Crippen LogP contribution >= 0.6 is 0 Å². The quantitative estimate of drug-likeness (QED) is 0.837. The summed E-state index contributed by atoms with van der Waals surface area (Å²) in [6.45, 7) is 4.82. The molecule has 1 aromatic carbocycles.